The highest BCUT2D eigenvalue weighted by Crippen LogP contribution is 2.33. The number of aromatic nitrogens is 1. The van der Waals surface area contributed by atoms with Gasteiger partial charge in [0.15, 0.2) is 0 Å². The largest absolute Gasteiger partial charge is 0.357 e. The average molecular weight is 451 g/mol. The number of nitrogens with one attached hydrogen (secondary N) is 1. The average Bonchev–Trinajstić information content (AvgIpc) is 2.83. The van der Waals surface area contributed by atoms with Crippen LogP contribution in [-0.2, 0) is 18.7 Å². The molecule has 0 saturated carbocycles. The third-order valence-electron chi connectivity index (χ3n) is 5.61. The Morgan fingerprint density at radius 3 is 2.12 bits per heavy atom. The highest BCUT2D eigenvalue weighted by atomic mass is 32.2. The van der Waals surface area contributed by atoms with Crippen molar-refractivity contribution in [1.82, 2.24) is 15.2 Å². The van der Waals surface area contributed by atoms with Crippen LogP contribution in [0, 0.1) is 22.7 Å². The predicted octanol–water partition coefficient (Wildman–Crippen LogP) is 4.18. The molecule has 0 atom stereocenters. The SMILES string of the molecule is CCc1c(C#N)c(SCc2ccc(CNC)cc2)nc(N(C)CCN(CC)CC)c1C#N. The molecule has 1 aromatic heterocycles. The molecule has 0 aliphatic rings. The second-order valence-electron chi connectivity index (χ2n) is 7.63. The van der Waals surface area contributed by atoms with E-state index in [9.17, 15) is 10.5 Å². The van der Waals surface area contributed by atoms with Crippen molar-refractivity contribution in [1.29, 1.82) is 10.5 Å². The number of likely N-dealkylation sites (N-methyl/N-ethyl adjacent to an activating group) is 2. The Kier molecular flexibility index (Phi) is 10.5. The molecule has 0 bridgehead atoms. The molecular weight excluding hydrogens is 416 g/mol. The Labute approximate surface area is 197 Å². The number of anilines is 1. The van der Waals surface area contributed by atoms with Gasteiger partial charge in [-0.2, -0.15) is 10.5 Å². The smallest absolute Gasteiger partial charge is 0.148 e. The first-order chi connectivity index (χ1) is 15.5. The van der Waals surface area contributed by atoms with E-state index in [4.69, 9.17) is 4.98 Å². The first kappa shape index (κ1) is 25.7. The van der Waals surface area contributed by atoms with Crippen LogP contribution < -0.4 is 10.2 Å². The van der Waals surface area contributed by atoms with Crippen molar-refractivity contribution < 1.29 is 0 Å². The lowest BCUT2D eigenvalue weighted by atomic mass is 10.0. The fraction of sp³-hybridized carbons (Fsp3) is 0.480. The molecule has 7 heteroatoms. The van der Waals surface area contributed by atoms with Gasteiger partial charge < -0.3 is 15.1 Å². The van der Waals surface area contributed by atoms with Gasteiger partial charge in [0.2, 0.25) is 0 Å². The van der Waals surface area contributed by atoms with Gasteiger partial charge in [-0.05, 0) is 43.2 Å². The zero-order chi connectivity index (χ0) is 23.5. The normalized spacial score (nSPS) is 10.8. The molecule has 0 unspecified atom stereocenters. The Bertz CT molecular complexity index is 954. The number of pyridine rings is 1. The summed E-state index contributed by atoms with van der Waals surface area (Å²) in [7, 11) is 3.92. The third-order valence-corrected chi connectivity index (χ3v) is 6.66. The number of rotatable bonds is 12. The van der Waals surface area contributed by atoms with Crippen LogP contribution in [0.25, 0.3) is 0 Å². The topological polar surface area (TPSA) is 79.0 Å². The molecule has 0 fully saturated rings. The van der Waals surface area contributed by atoms with Crippen LogP contribution in [0.4, 0.5) is 5.82 Å². The summed E-state index contributed by atoms with van der Waals surface area (Å²) in [5.74, 6) is 1.39. The van der Waals surface area contributed by atoms with Crippen molar-refractivity contribution in [2.75, 3.05) is 45.2 Å². The molecule has 170 valence electrons. The van der Waals surface area contributed by atoms with E-state index in [-0.39, 0.29) is 0 Å². The third kappa shape index (κ3) is 6.46. The van der Waals surface area contributed by atoms with Gasteiger partial charge in [-0.25, -0.2) is 4.98 Å². The fourth-order valence-electron chi connectivity index (χ4n) is 3.61. The number of hydrogen-bond acceptors (Lipinski definition) is 7. The number of nitriles is 2. The number of nitrogens with zero attached hydrogens (tertiary/aromatic N) is 5. The Morgan fingerprint density at radius 2 is 1.59 bits per heavy atom. The van der Waals surface area contributed by atoms with Gasteiger partial charge >= 0.3 is 0 Å². The molecule has 32 heavy (non-hydrogen) atoms. The van der Waals surface area contributed by atoms with Crippen LogP contribution >= 0.6 is 11.8 Å². The second kappa shape index (κ2) is 13.1. The minimum Gasteiger partial charge on any atom is -0.357 e. The highest BCUT2D eigenvalue weighted by molar-refractivity contribution is 7.98. The molecule has 0 amide bonds. The zero-order valence-corrected chi connectivity index (χ0v) is 20.7. The van der Waals surface area contributed by atoms with Gasteiger partial charge in [0.25, 0.3) is 0 Å². The molecule has 1 aromatic carbocycles. The molecule has 0 spiro atoms. The fourth-order valence-corrected chi connectivity index (χ4v) is 4.57. The molecule has 1 heterocycles. The summed E-state index contributed by atoms with van der Waals surface area (Å²) in [5, 5.41) is 23.6. The summed E-state index contributed by atoms with van der Waals surface area (Å²) in [6.07, 6.45) is 0.622. The summed E-state index contributed by atoms with van der Waals surface area (Å²) in [5.41, 5.74) is 4.26. The number of thioether (sulfide) groups is 1. The van der Waals surface area contributed by atoms with E-state index in [2.05, 4.69) is 60.5 Å². The minimum atomic E-state index is 0.520. The van der Waals surface area contributed by atoms with Crippen molar-refractivity contribution in [2.24, 2.45) is 0 Å². The molecular formula is C25H34N6S. The first-order valence-electron chi connectivity index (χ1n) is 11.2. The second-order valence-corrected chi connectivity index (χ2v) is 8.59. The summed E-state index contributed by atoms with van der Waals surface area (Å²) < 4.78 is 0. The standard InChI is InChI=1S/C25H34N6S/c1-6-21-22(15-26)24(30(5)13-14-31(7-2)8-3)29-25(23(21)16-27)32-18-20-11-9-19(10-12-20)17-28-4/h9-12,28H,6-8,13-14,17-18H2,1-5H3. The van der Waals surface area contributed by atoms with Gasteiger partial charge in [-0.15, -0.1) is 11.8 Å². The quantitative estimate of drug-likeness (QED) is 0.486. The van der Waals surface area contributed by atoms with Gasteiger partial charge in [-0.3, -0.25) is 0 Å². The molecule has 2 aromatic rings. The Hall–Kier alpha value is -2.58. The maximum absolute atomic E-state index is 9.89. The van der Waals surface area contributed by atoms with Crippen molar-refractivity contribution in [3.05, 3.63) is 52.1 Å². The Balaban J connectivity index is 2.34. The van der Waals surface area contributed by atoms with E-state index in [1.807, 2.05) is 25.9 Å². The van der Waals surface area contributed by atoms with E-state index in [0.717, 1.165) is 44.0 Å². The van der Waals surface area contributed by atoms with Gasteiger partial charge in [-0.1, -0.05) is 45.0 Å². The summed E-state index contributed by atoms with van der Waals surface area (Å²) in [4.78, 5) is 9.23. The van der Waals surface area contributed by atoms with Crippen molar-refractivity contribution >= 4 is 17.6 Å². The van der Waals surface area contributed by atoms with Crippen LogP contribution in [0.3, 0.4) is 0 Å². The van der Waals surface area contributed by atoms with Crippen LogP contribution in [0.15, 0.2) is 29.3 Å². The number of benzene rings is 1. The van der Waals surface area contributed by atoms with Crippen molar-refractivity contribution in [3.63, 3.8) is 0 Å². The lowest BCUT2D eigenvalue weighted by Gasteiger charge is -2.26. The maximum Gasteiger partial charge on any atom is 0.148 e. The number of hydrogen-bond donors (Lipinski definition) is 1. The Morgan fingerprint density at radius 1 is 0.969 bits per heavy atom. The lowest BCUT2D eigenvalue weighted by molar-refractivity contribution is 0.311. The van der Waals surface area contributed by atoms with E-state index < -0.39 is 0 Å². The molecule has 0 aliphatic heterocycles. The summed E-state index contributed by atoms with van der Waals surface area (Å²) in [6, 6.07) is 13.1. The van der Waals surface area contributed by atoms with Gasteiger partial charge in [0.05, 0.1) is 11.1 Å². The minimum absolute atomic E-state index is 0.520. The molecule has 0 aliphatic carbocycles. The predicted molar refractivity (Wildman–Crippen MR) is 133 cm³/mol. The monoisotopic (exact) mass is 450 g/mol. The van der Waals surface area contributed by atoms with Gasteiger partial charge in [0, 0.05) is 32.4 Å². The van der Waals surface area contributed by atoms with Crippen LogP contribution in [0.2, 0.25) is 0 Å². The van der Waals surface area contributed by atoms with E-state index in [0.29, 0.717) is 28.4 Å². The van der Waals surface area contributed by atoms with Crippen molar-refractivity contribution in [3.8, 4) is 12.1 Å². The molecule has 2 rings (SSSR count). The molecule has 6 nitrogen and oxygen atoms in total. The molecule has 0 saturated heterocycles. The van der Waals surface area contributed by atoms with E-state index in [1.165, 1.54) is 11.1 Å². The van der Waals surface area contributed by atoms with E-state index >= 15 is 0 Å². The van der Waals surface area contributed by atoms with Crippen LogP contribution in [0.1, 0.15) is 48.6 Å². The maximum atomic E-state index is 9.89. The highest BCUT2D eigenvalue weighted by Gasteiger charge is 2.21. The van der Waals surface area contributed by atoms with Gasteiger partial charge in [0.1, 0.15) is 23.0 Å². The van der Waals surface area contributed by atoms with Crippen LogP contribution in [0.5, 0.6) is 0 Å². The van der Waals surface area contributed by atoms with Crippen molar-refractivity contribution in [2.45, 2.75) is 44.5 Å². The molecule has 1 N–H and O–H groups in total. The zero-order valence-electron chi connectivity index (χ0n) is 19.9. The van der Waals surface area contributed by atoms with Crippen LogP contribution in [-0.4, -0.2) is 50.2 Å². The first-order valence-corrected chi connectivity index (χ1v) is 12.2. The molecule has 0 radical (unpaired) electrons. The summed E-state index contributed by atoms with van der Waals surface area (Å²) in [6.45, 7) is 10.8. The lowest BCUT2D eigenvalue weighted by Crippen LogP contribution is -2.34. The van der Waals surface area contributed by atoms with E-state index in [1.54, 1.807) is 11.8 Å². The summed E-state index contributed by atoms with van der Waals surface area (Å²) >= 11 is 1.56.